The Morgan fingerprint density at radius 3 is 2.42 bits per heavy atom. The highest BCUT2D eigenvalue weighted by molar-refractivity contribution is 5.81. The van der Waals surface area contributed by atoms with Crippen molar-refractivity contribution in [1.29, 1.82) is 0 Å². The molecule has 1 aliphatic heterocycles. The van der Waals surface area contributed by atoms with Crippen molar-refractivity contribution >= 4 is 5.95 Å². The van der Waals surface area contributed by atoms with Gasteiger partial charge in [0, 0.05) is 42.8 Å². The molecule has 4 rings (SSSR count). The summed E-state index contributed by atoms with van der Waals surface area (Å²) in [5.41, 5.74) is 3.86. The molecule has 0 saturated carbocycles. The van der Waals surface area contributed by atoms with Crippen molar-refractivity contribution in [1.82, 2.24) is 15.0 Å². The fourth-order valence-electron chi connectivity index (χ4n) is 3.44. The molecule has 134 valence electrons. The van der Waals surface area contributed by atoms with Crippen LogP contribution in [0.25, 0.3) is 22.4 Å². The number of hydrogen-bond donors (Lipinski definition) is 0. The van der Waals surface area contributed by atoms with E-state index in [0.29, 0.717) is 0 Å². The predicted molar refractivity (Wildman–Crippen MR) is 99.9 cm³/mol. The molecule has 26 heavy (non-hydrogen) atoms. The topological polar surface area (TPSA) is 64.3 Å². The van der Waals surface area contributed by atoms with Crippen LogP contribution in [0.4, 0.5) is 5.95 Å². The Morgan fingerprint density at radius 1 is 1.04 bits per heavy atom. The molecule has 0 amide bonds. The zero-order chi connectivity index (χ0) is 18.1. The number of pyridine rings is 1. The lowest BCUT2D eigenvalue weighted by Crippen LogP contribution is -2.46. The molecule has 0 aliphatic carbocycles. The molecule has 1 fully saturated rings. The number of rotatable bonds is 3. The minimum absolute atomic E-state index is 0.154. The predicted octanol–water partition coefficient (Wildman–Crippen LogP) is 3.72. The Morgan fingerprint density at radius 2 is 1.77 bits per heavy atom. The molecule has 0 aromatic carbocycles. The van der Waals surface area contributed by atoms with Crippen LogP contribution in [0.15, 0.2) is 47.5 Å². The Kier molecular flexibility index (Phi) is 4.42. The number of anilines is 1. The Balaban J connectivity index is 1.81. The normalized spacial score (nSPS) is 20.3. The average Bonchev–Trinajstić information content (AvgIpc) is 3.07. The van der Waals surface area contributed by atoms with Crippen LogP contribution in [0.1, 0.15) is 19.6 Å². The van der Waals surface area contributed by atoms with Gasteiger partial charge in [0.05, 0.1) is 24.2 Å². The van der Waals surface area contributed by atoms with Crippen molar-refractivity contribution in [2.24, 2.45) is 0 Å². The highest BCUT2D eigenvalue weighted by Gasteiger charge is 2.25. The summed E-state index contributed by atoms with van der Waals surface area (Å²) in [5.74, 6) is 1.56. The van der Waals surface area contributed by atoms with E-state index in [-0.39, 0.29) is 12.2 Å². The van der Waals surface area contributed by atoms with E-state index in [1.54, 1.807) is 18.7 Å². The maximum atomic E-state index is 5.83. The summed E-state index contributed by atoms with van der Waals surface area (Å²) in [5, 5.41) is 0. The fraction of sp³-hybridized carbons (Fsp3) is 0.350. The van der Waals surface area contributed by atoms with Crippen molar-refractivity contribution < 1.29 is 9.15 Å². The number of aryl methyl sites for hydroxylation is 1. The van der Waals surface area contributed by atoms with E-state index in [1.807, 2.05) is 31.3 Å². The molecule has 3 aromatic rings. The second-order valence-corrected chi connectivity index (χ2v) is 6.72. The summed E-state index contributed by atoms with van der Waals surface area (Å²) in [4.78, 5) is 15.9. The number of hydrogen-bond acceptors (Lipinski definition) is 6. The standard InChI is InChI=1S/C20H22N4O2/c1-13-11-24(12-14(2)26-13)20-22-10-18(16-4-7-21-8-5-16)19(23-20)17-6-9-25-15(17)3/h4-10,13-14H,11-12H2,1-3H3/t13-,14-/m1/s1. The third-order valence-electron chi connectivity index (χ3n) is 4.58. The lowest BCUT2D eigenvalue weighted by molar-refractivity contribution is -0.00571. The number of aromatic nitrogens is 3. The van der Waals surface area contributed by atoms with Crippen molar-refractivity contribution in [2.45, 2.75) is 33.0 Å². The van der Waals surface area contributed by atoms with Gasteiger partial charge in [-0.2, -0.15) is 0 Å². The number of morpholine rings is 1. The first kappa shape index (κ1) is 16.7. The first-order valence-corrected chi connectivity index (χ1v) is 8.84. The van der Waals surface area contributed by atoms with E-state index in [0.717, 1.165) is 47.2 Å². The third-order valence-corrected chi connectivity index (χ3v) is 4.58. The Hall–Kier alpha value is -2.73. The summed E-state index contributed by atoms with van der Waals surface area (Å²) < 4.78 is 11.4. The summed E-state index contributed by atoms with van der Waals surface area (Å²) in [6.45, 7) is 7.67. The van der Waals surface area contributed by atoms with E-state index < -0.39 is 0 Å². The van der Waals surface area contributed by atoms with Gasteiger partial charge >= 0.3 is 0 Å². The maximum Gasteiger partial charge on any atom is 0.226 e. The van der Waals surface area contributed by atoms with Gasteiger partial charge in [0.25, 0.3) is 0 Å². The van der Waals surface area contributed by atoms with E-state index in [1.165, 1.54) is 0 Å². The zero-order valence-corrected chi connectivity index (χ0v) is 15.2. The minimum atomic E-state index is 0.154. The minimum Gasteiger partial charge on any atom is -0.469 e. The van der Waals surface area contributed by atoms with Crippen molar-refractivity contribution in [3.63, 3.8) is 0 Å². The summed E-state index contributed by atoms with van der Waals surface area (Å²) >= 11 is 0. The van der Waals surface area contributed by atoms with Gasteiger partial charge in [-0.25, -0.2) is 9.97 Å². The molecule has 0 spiro atoms. The Labute approximate surface area is 152 Å². The molecule has 3 aromatic heterocycles. The first-order chi connectivity index (χ1) is 12.6. The van der Waals surface area contributed by atoms with Gasteiger partial charge in [-0.05, 0) is 44.5 Å². The summed E-state index contributed by atoms with van der Waals surface area (Å²) in [6, 6.07) is 5.89. The van der Waals surface area contributed by atoms with Crippen LogP contribution in [-0.2, 0) is 4.74 Å². The molecule has 4 heterocycles. The molecule has 0 unspecified atom stereocenters. The Bertz CT molecular complexity index is 884. The van der Waals surface area contributed by atoms with E-state index >= 15 is 0 Å². The molecule has 0 radical (unpaired) electrons. The molecular weight excluding hydrogens is 328 g/mol. The number of nitrogens with zero attached hydrogens (tertiary/aromatic N) is 4. The monoisotopic (exact) mass is 350 g/mol. The molecule has 0 bridgehead atoms. The number of furan rings is 1. The SMILES string of the molecule is Cc1occc1-c1nc(N2C[C@@H](C)O[C@H](C)C2)ncc1-c1ccncc1. The average molecular weight is 350 g/mol. The summed E-state index contributed by atoms with van der Waals surface area (Å²) in [7, 11) is 0. The second-order valence-electron chi connectivity index (χ2n) is 6.72. The fourth-order valence-corrected chi connectivity index (χ4v) is 3.44. The van der Waals surface area contributed by atoms with Crippen LogP contribution in [-0.4, -0.2) is 40.2 Å². The van der Waals surface area contributed by atoms with Gasteiger partial charge in [0.2, 0.25) is 5.95 Å². The molecular formula is C20H22N4O2. The van der Waals surface area contributed by atoms with Gasteiger partial charge in [0.15, 0.2) is 0 Å². The van der Waals surface area contributed by atoms with E-state index in [4.69, 9.17) is 14.1 Å². The highest BCUT2D eigenvalue weighted by atomic mass is 16.5. The summed E-state index contributed by atoms with van der Waals surface area (Å²) in [6.07, 6.45) is 7.45. The lowest BCUT2D eigenvalue weighted by Gasteiger charge is -2.35. The maximum absolute atomic E-state index is 5.83. The molecule has 1 saturated heterocycles. The first-order valence-electron chi connectivity index (χ1n) is 8.84. The van der Waals surface area contributed by atoms with Crippen LogP contribution < -0.4 is 4.90 Å². The van der Waals surface area contributed by atoms with E-state index in [2.05, 4.69) is 28.7 Å². The van der Waals surface area contributed by atoms with Crippen molar-refractivity contribution in [2.75, 3.05) is 18.0 Å². The largest absolute Gasteiger partial charge is 0.469 e. The quantitative estimate of drug-likeness (QED) is 0.717. The molecule has 6 nitrogen and oxygen atoms in total. The van der Waals surface area contributed by atoms with Crippen LogP contribution in [0.2, 0.25) is 0 Å². The van der Waals surface area contributed by atoms with Gasteiger partial charge < -0.3 is 14.1 Å². The van der Waals surface area contributed by atoms with E-state index in [9.17, 15) is 0 Å². The van der Waals surface area contributed by atoms with Crippen LogP contribution in [0, 0.1) is 6.92 Å². The van der Waals surface area contributed by atoms with Crippen LogP contribution in [0.5, 0.6) is 0 Å². The third kappa shape index (κ3) is 3.20. The van der Waals surface area contributed by atoms with Gasteiger partial charge in [-0.15, -0.1) is 0 Å². The lowest BCUT2D eigenvalue weighted by atomic mass is 10.0. The van der Waals surface area contributed by atoms with Gasteiger partial charge in [-0.3, -0.25) is 4.98 Å². The number of ether oxygens (including phenoxy) is 1. The molecule has 2 atom stereocenters. The molecule has 6 heteroatoms. The smallest absolute Gasteiger partial charge is 0.226 e. The van der Waals surface area contributed by atoms with Crippen LogP contribution >= 0.6 is 0 Å². The van der Waals surface area contributed by atoms with Crippen LogP contribution in [0.3, 0.4) is 0 Å². The van der Waals surface area contributed by atoms with Crippen molar-refractivity contribution in [3.05, 3.63) is 48.8 Å². The molecule has 0 N–H and O–H groups in total. The highest BCUT2D eigenvalue weighted by Crippen LogP contribution is 2.33. The van der Waals surface area contributed by atoms with Gasteiger partial charge in [-0.1, -0.05) is 0 Å². The molecule has 1 aliphatic rings. The zero-order valence-electron chi connectivity index (χ0n) is 15.2. The van der Waals surface area contributed by atoms with Crippen molar-refractivity contribution in [3.8, 4) is 22.4 Å². The second kappa shape index (κ2) is 6.88. The van der Waals surface area contributed by atoms with Gasteiger partial charge in [0.1, 0.15) is 5.76 Å².